The summed E-state index contributed by atoms with van der Waals surface area (Å²) in [6.45, 7) is 0.431. The number of unbranched alkanes of at least 4 members (excludes halogenated alkanes) is 2. The minimum absolute atomic E-state index is 0.0696. The molecule has 22 heavy (non-hydrogen) atoms. The normalized spacial score (nSPS) is 10.3. The van der Waals surface area contributed by atoms with Gasteiger partial charge in [-0.1, -0.05) is 23.5 Å². The fourth-order valence-electron chi connectivity index (χ4n) is 1.85. The second-order valence-electron chi connectivity index (χ2n) is 4.51. The van der Waals surface area contributed by atoms with Crippen LogP contribution in [0.3, 0.4) is 0 Å². The molecule has 0 saturated heterocycles. The zero-order valence-corrected chi connectivity index (χ0v) is 12.6. The highest BCUT2D eigenvalue weighted by Gasteiger charge is 2.08. The van der Waals surface area contributed by atoms with E-state index in [9.17, 15) is 13.6 Å². The summed E-state index contributed by atoms with van der Waals surface area (Å²) in [6.07, 6.45) is 2.40. The monoisotopic (exact) mass is 323 g/mol. The van der Waals surface area contributed by atoms with Crippen molar-refractivity contribution in [2.45, 2.75) is 19.3 Å². The number of aromatic nitrogens is 1. The molecule has 0 N–H and O–H groups in total. The molecule has 6 heteroatoms. The average molecular weight is 323 g/mol. The Hall–Kier alpha value is -2.08. The van der Waals surface area contributed by atoms with Gasteiger partial charge in [-0.3, -0.25) is 4.79 Å². The van der Waals surface area contributed by atoms with Gasteiger partial charge in [0.05, 0.1) is 12.2 Å². The Labute approximate surface area is 130 Å². The lowest BCUT2D eigenvalue weighted by Gasteiger charge is -2.10. The summed E-state index contributed by atoms with van der Waals surface area (Å²) >= 11 is 1.06. The Kier molecular flexibility index (Phi) is 6.21. The number of benzene rings is 1. The summed E-state index contributed by atoms with van der Waals surface area (Å²) in [5.41, 5.74) is 0.764. The van der Waals surface area contributed by atoms with Gasteiger partial charge in [-0.05, 0) is 37.5 Å². The van der Waals surface area contributed by atoms with E-state index in [0.717, 1.165) is 23.0 Å². The van der Waals surface area contributed by atoms with E-state index in [1.54, 1.807) is 0 Å². The molecule has 0 atom stereocenters. The van der Waals surface area contributed by atoms with E-state index >= 15 is 0 Å². The average Bonchev–Trinajstić information content (AvgIpc) is 2.51. The second kappa shape index (κ2) is 8.38. The first kappa shape index (κ1) is 16.3. The third kappa shape index (κ3) is 5.04. The molecule has 0 unspecified atom stereocenters. The number of hydrogen-bond acceptors (Lipinski definition) is 4. The number of nitrogens with zero attached hydrogens (tertiary/aromatic N) is 1. The number of halogens is 2. The molecule has 0 bridgehead atoms. The van der Waals surface area contributed by atoms with Crippen LogP contribution in [0.25, 0.3) is 10.6 Å². The molecule has 0 aliphatic rings. The Morgan fingerprint density at radius 1 is 1.23 bits per heavy atom. The first-order valence-corrected chi connectivity index (χ1v) is 7.68. The SMILES string of the molecule is O=c1ccnc(-c2ccccc2OCCCCC=C(F)F)s1. The number of rotatable bonds is 7. The molecule has 0 fully saturated rings. The standard InChI is InChI=1S/C16H15F2NO2S/c17-14(18)8-2-1-5-11-21-13-7-4-3-6-12(13)16-19-10-9-15(20)22-16/h3-4,6-10H,1-2,5,11H2. The third-order valence-corrected chi connectivity index (χ3v) is 3.73. The van der Waals surface area contributed by atoms with E-state index in [4.69, 9.17) is 4.74 Å². The molecular weight excluding hydrogens is 308 g/mol. The van der Waals surface area contributed by atoms with E-state index in [0.29, 0.717) is 36.6 Å². The lowest BCUT2D eigenvalue weighted by atomic mass is 10.2. The van der Waals surface area contributed by atoms with Crippen molar-refractivity contribution in [2.75, 3.05) is 6.61 Å². The molecule has 2 aromatic rings. The Balaban J connectivity index is 1.97. The van der Waals surface area contributed by atoms with Gasteiger partial charge in [0.1, 0.15) is 10.8 Å². The number of hydrogen-bond donors (Lipinski definition) is 0. The van der Waals surface area contributed by atoms with Crippen molar-refractivity contribution >= 4 is 11.3 Å². The topological polar surface area (TPSA) is 39.2 Å². The van der Waals surface area contributed by atoms with E-state index in [2.05, 4.69) is 4.98 Å². The molecular formula is C16H15F2NO2S. The van der Waals surface area contributed by atoms with Crippen molar-refractivity contribution in [1.82, 2.24) is 4.98 Å². The highest BCUT2D eigenvalue weighted by atomic mass is 32.1. The molecule has 116 valence electrons. The highest BCUT2D eigenvalue weighted by Crippen LogP contribution is 2.29. The van der Waals surface area contributed by atoms with Crippen molar-refractivity contribution in [1.29, 1.82) is 0 Å². The quantitative estimate of drug-likeness (QED) is 0.704. The van der Waals surface area contributed by atoms with Crippen molar-refractivity contribution in [3.05, 3.63) is 58.2 Å². The zero-order chi connectivity index (χ0) is 15.8. The van der Waals surface area contributed by atoms with Gasteiger partial charge in [0, 0.05) is 12.3 Å². The van der Waals surface area contributed by atoms with Crippen LogP contribution >= 0.6 is 11.3 Å². The largest absolute Gasteiger partial charge is 0.493 e. The van der Waals surface area contributed by atoms with Gasteiger partial charge in [-0.25, -0.2) is 4.98 Å². The highest BCUT2D eigenvalue weighted by molar-refractivity contribution is 7.12. The van der Waals surface area contributed by atoms with Crippen molar-refractivity contribution < 1.29 is 13.5 Å². The minimum Gasteiger partial charge on any atom is -0.493 e. The molecule has 1 aromatic carbocycles. The van der Waals surface area contributed by atoms with Crippen molar-refractivity contribution in [3.63, 3.8) is 0 Å². The van der Waals surface area contributed by atoms with Crippen LogP contribution < -0.4 is 9.48 Å². The summed E-state index contributed by atoms with van der Waals surface area (Å²) in [7, 11) is 0. The van der Waals surface area contributed by atoms with Crippen molar-refractivity contribution in [3.8, 4) is 16.3 Å². The maximum Gasteiger partial charge on any atom is 0.266 e. The first-order chi connectivity index (χ1) is 10.7. The van der Waals surface area contributed by atoms with E-state index in [-0.39, 0.29) is 4.74 Å². The molecule has 3 nitrogen and oxygen atoms in total. The Morgan fingerprint density at radius 3 is 2.82 bits per heavy atom. The molecule has 0 radical (unpaired) electrons. The van der Waals surface area contributed by atoms with E-state index in [1.165, 1.54) is 12.3 Å². The zero-order valence-electron chi connectivity index (χ0n) is 11.8. The van der Waals surface area contributed by atoms with Crippen LogP contribution in [-0.4, -0.2) is 11.6 Å². The van der Waals surface area contributed by atoms with Gasteiger partial charge < -0.3 is 4.74 Å². The fraction of sp³-hybridized carbons (Fsp3) is 0.250. The number of ether oxygens (including phenoxy) is 1. The molecule has 0 aliphatic carbocycles. The van der Waals surface area contributed by atoms with Crippen LogP contribution in [0, 0.1) is 0 Å². The smallest absolute Gasteiger partial charge is 0.266 e. The predicted molar refractivity (Wildman–Crippen MR) is 83.5 cm³/mol. The summed E-state index contributed by atoms with van der Waals surface area (Å²) in [5, 5.41) is 0.602. The summed E-state index contributed by atoms with van der Waals surface area (Å²) in [6, 6.07) is 8.75. The third-order valence-electron chi connectivity index (χ3n) is 2.87. The molecule has 0 amide bonds. The number of para-hydroxylation sites is 1. The van der Waals surface area contributed by atoms with Gasteiger partial charge in [0.15, 0.2) is 0 Å². The van der Waals surface area contributed by atoms with Gasteiger partial charge in [-0.15, -0.1) is 0 Å². The molecule has 1 aromatic heterocycles. The number of allylic oxidation sites excluding steroid dienone is 1. The molecule has 1 heterocycles. The maximum atomic E-state index is 11.9. The van der Waals surface area contributed by atoms with Crippen LogP contribution in [0.4, 0.5) is 8.78 Å². The van der Waals surface area contributed by atoms with Crippen LogP contribution in [0.5, 0.6) is 5.75 Å². The molecule has 0 aliphatic heterocycles. The summed E-state index contributed by atoms with van der Waals surface area (Å²) < 4.78 is 29.4. The Morgan fingerprint density at radius 2 is 2.05 bits per heavy atom. The van der Waals surface area contributed by atoms with Gasteiger partial charge in [0.2, 0.25) is 4.74 Å². The van der Waals surface area contributed by atoms with Crippen molar-refractivity contribution in [2.24, 2.45) is 0 Å². The van der Waals surface area contributed by atoms with Crippen LogP contribution in [0.1, 0.15) is 19.3 Å². The molecule has 2 rings (SSSR count). The molecule has 0 saturated carbocycles. The van der Waals surface area contributed by atoms with E-state index < -0.39 is 6.08 Å². The van der Waals surface area contributed by atoms with E-state index in [1.807, 2.05) is 24.3 Å². The first-order valence-electron chi connectivity index (χ1n) is 6.86. The van der Waals surface area contributed by atoms with Crippen LogP contribution in [0.15, 0.2) is 53.5 Å². The predicted octanol–water partition coefficient (Wildman–Crippen LogP) is 4.50. The summed E-state index contributed by atoms with van der Waals surface area (Å²) in [5.74, 6) is 0.643. The Bertz CT molecular complexity index is 696. The van der Waals surface area contributed by atoms with Gasteiger partial charge in [-0.2, -0.15) is 8.78 Å². The lowest BCUT2D eigenvalue weighted by Crippen LogP contribution is -2.00. The fourth-order valence-corrected chi connectivity index (χ4v) is 2.57. The lowest BCUT2D eigenvalue weighted by molar-refractivity contribution is 0.308. The minimum atomic E-state index is -1.64. The maximum absolute atomic E-state index is 11.9. The van der Waals surface area contributed by atoms with Crippen LogP contribution in [-0.2, 0) is 0 Å². The second-order valence-corrected chi connectivity index (χ2v) is 5.50. The van der Waals surface area contributed by atoms with Crippen LogP contribution in [0.2, 0.25) is 0 Å². The van der Waals surface area contributed by atoms with Gasteiger partial charge >= 0.3 is 0 Å². The van der Waals surface area contributed by atoms with Gasteiger partial charge in [0.25, 0.3) is 6.08 Å². The molecule has 0 spiro atoms. The summed E-state index contributed by atoms with van der Waals surface area (Å²) in [4.78, 5) is 15.6.